The molecule has 1 atom stereocenters. The summed E-state index contributed by atoms with van der Waals surface area (Å²) in [5, 5.41) is 1.23. The summed E-state index contributed by atoms with van der Waals surface area (Å²) in [5.74, 6) is 0. The van der Waals surface area contributed by atoms with Gasteiger partial charge in [0.25, 0.3) is 0 Å². The van der Waals surface area contributed by atoms with E-state index >= 15 is 0 Å². The van der Waals surface area contributed by atoms with Gasteiger partial charge in [-0.25, -0.2) is 4.98 Å². The molecule has 112 valence electrons. The van der Waals surface area contributed by atoms with Gasteiger partial charge in [-0.05, 0) is 27.1 Å². The third-order valence-corrected chi connectivity index (χ3v) is 5.84. The Balaban J connectivity index is 1.96. The normalized spacial score (nSPS) is 20.9. The van der Waals surface area contributed by atoms with Crippen molar-refractivity contribution < 1.29 is 0 Å². The van der Waals surface area contributed by atoms with Crippen molar-refractivity contribution in [2.45, 2.75) is 13.0 Å². The monoisotopic (exact) mass is 365 g/mol. The van der Waals surface area contributed by atoms with Gasteiger partial charge in [-0.15, -0.1) is 11.3 Å². The van der Waals surface area contributed by atoms with Crippen LogP contribution in [0.4, 0.5) is 0 Å². The van der Waals surface area contributed by atoms with Gasteiger partial charge < -0.3 is 4.90 Å². The van der Waals surface area contributed by atoms with Crippen LogP contribution in [0.5, 0.6) is 0 Å². The molecule has 21 heavy (non-hydrogen) atoms. The minimum absolute atomic E-state index is 0.406. The average molecular weight is 366 g/mol. The third-order valence-electron chi connectivity index (χ3n) is 4.08. The molecule has 5 heteroatoms. The zero-order chi connectivity index (χ0) is 15.0. The van der Waals surface area contributed by atoms with Crippen LogP contribution in [0.25, 0.3) is 11.3 Å². The molecule has 3 rings (SSSR count). The highest BCUT2D eigenvalue weighted by Gasteiger charge is 2.27. The van der Waals surface area contributed by atoms with E-state index in [1.165, 1.54) is 15.4 Å². The first-order valence-corrected chi connectivity index (χ1v) is 8.78. The smallest absolute Gasteiger partial charge is 0.112 e. The molecular weight excluding hydrogens is 346 g/mol. The van der Waals surface area contributed by atoms with Gasteiger partial charge in [0.05, 0.1) is 11.7 Å². The molecule has 0 saturated carbocycles. The van der Waals surface area contributed by atoms with Crippen LogP contribution in [0.15, 0.2) is 28.7 Å². The molecule has 1 saturated heterocycles. The lowest BCUT2D eigenvalue weighted by Crippen LogP contribution is -2.44. The summed E-state index contributed by atoms with van der Waals surface area (Å²) < 4.78 is 1.11. The van der Waals surface area contributed by atoms with Gasteiger partial charge >= 0.3 is 0 Å². The minimum atomic E-state index is 0.406. The van der Waals surface area contributed by atoms with Gasteiger partial charge in [-0.2, -0.15) is 0 Å². The summed E-state index contributed by atoms with van der Waals surface area (Å²) in [4.78, 5) is 11.1. The molecule has 0 radical (unpaired) electrons. The number of aryl methyl sites for hydroxylation is 1. The standard InChI is InChI=1S/C16H20BrN3S/c1-11-15(12-6-4-5-7-13(12)17)18-16(21-11)14-10-19(2)8-9-20(14)3/h4-7,14H,8-10H2,1-3H3. The van der Waals surface area contributed by atoms with Crippen LogP contribution < -0.4 is 0 Å². The van der Waals surface area contributed by atoms with Crippen molar-refractivity contribution in [3.63, 3.8) is 0 Å². The van der Waals surface area contributed by atoms with Crippen LogP contribution in [0.1, 0.15) is 15.9 Å². The summed E-state index contributed by atoms with van der Waals surface area (Å²) in [6.45, 7) is 5.46. The van der Waals surface area contributed by atoms with Crippen LogP contribution in [0, 0.1) is 6.92 Å². The Hall–Kier alpha value is -0.750. The van der Waals surface area contributed by atoms with E-state index in [0.29, 0.717) is 6.04 Å². The lowest BCUT2D eigenvalue weighted by molar-refractivity contribution is 0.115. The molecule has 1 aliphatic rings. The molecule has 0 bridgehead atoms. The quantitative estimate of drug-likeness (QED) is 0.806. The first-order valence-electron chi connectivity index (χ1n) is 7.17. The summed E-state index contributed by atoms with van der Waals surface area (Å²) >= 11 is 5.47. The van der Waals surface area contributed by atoms with Crippen molar-refractivity contribution in [2.75, 3.05) is 33.7 Å². The number of benzene rings is 1. The highest BCUT2D eigenvalue weighted by molar-refractivity contribution is 9.10. The molecule has 2 heterocycles. The zero-order valence-electron chi connectivity index (χ0n) is 12.6. The summed E-state index contributed by atoms with van der Waals surface area (Å²) in [6, 6.07) is 8.73. The molecule has 2 aromatic rings. The van der Waals surface area contributed by atoms with E-state index in [4.69, 9.17) is 4.98 Å². The van der Waals surface area contributed by atoms with Gasteiger partial charge in [-0.3, -0.25) is 4.90 Å². The molecule has 0 N–H and O–H groups in total. The van der Waals surface area contributed by atoms with Gasteiger partial charge in [0, 0.05) is 34.5 Å². The fourth-order valence-electron chi connectivity index (χ4n) is 2.74. The predicted molar refractivity (Wildman–Crippen MR) is 92.9 cm³/mol. The molecule has 1 fully saturated rings. The fourth-order valence-corrected chi connectivity index (χ4v) is 4.31. The van der Waals surface area contributed by atoms with Crippen LogP contribution in [0.2, 0.25) is 0 Å². The van der Waals surface area contributed by atoms with Crippen molar-refractivity contribution in [3.05, 3.63) is 38.6 Å². The molecule has 1 aromatic heterocycles. The number of halogens is 1. The van der Waals surface area contributed by atoms with E-state index in [-0.39, 0.29) is 0 Å². The molecular formula is C16H20BrN3S. The summed E-state index contributed by atoms with van der Waals surface area (Å²) in [5.41, 5.74) is 2.30. The molecule has 1 aromatic carbocycles. The number of hydrogen-bond acceptors (Lipinski definition) is 4. The van der Waals surface area contributed by atoms with E-state index in [0.717, 1.165) is 29.8 Å². The maximum Gasteiger partial charge on any atom is 0.112 e. The first-order chi connectivity index (χ1) is 10.1. The number of rotatable bonds is 2. The number of nitrogens with zero attached hydrogens (tertiary/aromatic N) is 3. The number of thiazole rings is 1. The van der Waals surface area contributed by atoms with E-state index in [9.17, 15) is 0 Å². The lowest BCUT2D eigenvalue weighted by atomic mass is 10.1. The number of aromatic nitrogens is 1. The van der Waals surface area contributed by atoms with Gasteiger partial charge in [0.2, 0.25) is 0 Å². The number of piperazine rings is 1. The highest BCUT2D eigenvalue weighted by atomic mass is 79.9. The molecule has 1 unspecified atom stereocenters. The second kappa shape index (κ2) is 6.16. The molecule has 0 spiro atoms. The van der Waals surface area contributed by atoms with Gasteiger partial charge in [0.1, 0.15) is 5.01 Å². The van der Waals surface area contributed by atoms with E-state index in [2.05, 4.69) is 64.9 Å². The average Bonchev–Trinajstić information content (AvgIpc) is 2.84. The van der Waals surface area contributed by atoms with Crippen LogP contribution >= 0.6 is 27.3 Å². The Kier molecular flexibility index (Phi) is 4.45. The third kappa shape index (κ3) is 3.06. The first kappa shape index (κ1) is 15.2. The molecule has 0 amide bonds. The maximum absolute atomic E-state index is 4.97. The van der Waals surface area contributed by atoms with Crippen LogP contribution in [-0.2, 0) is 0 Å². The number of hydrogen-bond donors (Lipinski definition) is 0. The van der Waals surface area contributed by atoms with Gasteiger partial charge in [0.15, 0.2) is 0 Å². The fraction of sp³-hybridized carbons (Fsp3) is 0.438. The Morgan fingerprint density at radius 1 is 1.24 bits per heavy atom. The summed E-state index contributed by atoms with van der Waals surface area (Å²) in [6.07, 6.45) is 0. The maximum atomic E-state index is 4.97. The zero-order valence-corrected chi connectivity index (χ0v) is 15.0. The van der Waals surface area contributed by atoms with E-state index < -0.39 is 0 Å². The van der Waals surface area contributed by atoms with Crippen molar-refractivity contribution in [2.24, 2.45) is 0 Å². The topological polar surface area (TPSA) is 19.4 Å². The highest BCUT2D eigenvalue weighted by Crippen LogP contribution is 2.36. The Morgan fingerprint density at radius 3 is 2.76 bits per heavy atom. The largest absolute Gasteiger partial charge is 0.303 e. The van der Waals surface area contributed by atoms with E-state index in [1.807, 2.05) is 17.4 Å². The Bertz CT molecular complexity index is 640. The predicted octanol–water partition coefficient (Wildman–Crippen LogP) is 3.80. The van der Waals surface area contributed by atoms with Crippen molar-refractivity contribution in [1.29, 1.82) is 0 Å². The minimum Gasteiger partial charge on any atom is -0.303 e. The van der Waals surface area contributed by atoms with E-state index in [1.54, 1.807) is 0 Å². The van der Waals surface area contributed by atoms with Crippen molar-refractivity contribution in [1.82, 2.24) is 14.8 Å². The Labute approximate surface area is 138 Å². The van der Waals surface area contributed by atoms with Crippen molar-refractivity contribution >= 4 is 27.3 Å². The van der Waals surface area contributed by atoms with Crippen LogP contribution in [0.3, 0.4) is 0 Å². The molecule has 3 nitrogen and oxygen atoms in total. The van der Waals surface area contributed by atoms with Crippen molar-refractivity contribution in [3.8, 4) is 11.3 Å². The number of likely N-dealkylation sites (N-methyl/N-ethyl adjacent to an activating group) is 2. The SMILES string of the molecule is Cc1sc(C2CN(C)CCN2C)nc1-c1ccccc1Br. The summed E-state index contributed by atoms with van der Waals surface area (Å²) in [7, 11) is 4.39. The Morgan fingerprint density at radius 2 is 2.00 bits per heavy atom. The van der Waals surface area contributed by atoms with Gasteiger partial charge in [-0.1, -0.05) is 34.1 Å². The second-order valence-corrected chi connectivity index (χ2v) is 7.78. The molecule has 1 aliphatic heterocycles. The second-order valence-electron chi connectivity index (χ2n) is 5.70. The lowest BCUT2D eigenvalue weighted by Gasteiger charge is -2.36. The molecule has 0 aliphatic carbocycles. The van der Waals surface area contributed by atoms with Crippen LogP contribution in [-0.4, -0.2) is 48.5 Å².